The van der Waals surface area contributed by atoms with Gasteiger partial charge in [0.2, 0.25) is 0 Å². The third kappa shape index (κ3) is 2.96. The maximum absolute atomic E-state index is 5.84. The van der Waals surface area contributed by atoms with E-state index in [2.05, 4.69) is 31.3 Å². The number of aryl methyl sites for hydroxylation is 1. The standard InChI is InChI=1S/C14H18N2OS/c1-9-4-5-14(18-9)10(2)16-12-6-11(15)7-13(8-12)17-3/h4-8,10,16H,15H2,1-3H3. The smallest absolute Gasteiger partial charge is 0.122 e. The maximum atomic E-state index is 5.84. The van der Waals surface area contributed by atoms with Gasteiger partial charge in [-0.15, -0.1) is 11.3 Å². The van der Waals surface area contributed by atoms with Crippen LogP contribution in [0.2, 0.25) is 0 Å². The van der Waals surface area contributed by atoms with E-state index >= 15 is 0 Å². The molecule has 1 aromatic carbocycles. The van der Waals surface area contributed by atoms with Crippen molar-refractivity contribution in [1.82, 2.24) is 0 Å². The number of benzene rings is 1. The van der Waals surface area contributed by atoms with Crippen LogP contribution in [0.4, 0.5) is 11.4 Å². The Kier molecular flexibility index (Phi) is 3.77. The van der Waals surface area contributed by atoms with Gasteiger partial charge in [-0.3, -0.25) is 0 Å². The van der Waals surface area contributed by atoms with Gasteiger partial charge in [0, 0.05) is 33.3 Å². The Morgan fingerprint density at radius 3 is 2.67 bits per heavy atom. The second-order valence-electron chi connectivity index (χ2n) is 4.31. The van der Waals surface area contributed by atoms with E-state index in [1.807, 2.05) is 18.2 Å². The van der Waals surface area contributed by atoms with E-state index < -0.39 is 0 Å². The first-order chi connectivity index (χ1) is 8.58. The minimum absolute atomic E-state index is 0.259. The molecule has 0 amide bonds. The summed E-state index contributed by atoms with van der Waals surface area (Å²) in [4.78, 5) is 2.64. The number of rotatable bonds is 4. The molecule has 2 rings (SSSR count). The van der Waals surface area contributed by atoms with Crippen LogP contribution < -0.4 is 15.8 Å². The number of methoxy groups -OCH3 is 1. The molecule has 0 spiro atoms. The monoisotopic (exact) mass is 262 g/mol. The zero-order valence-electron chi connectivity index (χ0n) is 10.9. The van der Waals surface area contributed by atoms with Crippen molar-refractivity contribution in [2.45, 2.75) is 19.9 Å². The van der Waals surface area contributed by atoms with Gasteiger partial charge in [0.05, 0.1) is 13.2 Å². The highest BCUT2D eigenvalue weighted by Crippen LogP contribution is 2.28. The van der Waals surface area contributed by atoms with E-state index in [0.717, 1.165) is 11.4 Å². The normalized spacial score (nSPS) is 12.2. The van der Waals surface area contributed by atoms with E-state index in [4.69, 9.17) is 10.5 Å². The van der Waals surface area contributed by atoms with E-state index in [1.165, 1.54) is 9.75 Å². The number of nitrogen functional groups attached to an aromatic ring is 1. The summed E-state index contributed by atoms with van der Waals surface area (Å²) in [6, 6.07) is 10.2. The van der Waals surface area contributed by atoms with Crippen LogP contribution in [0.25, 0.3) is 0 Å². The molecule has 0 saturated carbocycles. The molecule has 96 valence electrons. The van der Waals surface area contributed by atoms with Crippen molar-refractivity contribution in [1.29, 1.82) is 0 Å². The van der Waals surface area contributed by atoms with Crippen LogP contribution in [-0.2, 0) is 0 Å². The molecule has 0 fully saturated rings. The number of ether oxygens (including phenoxy) is 1. The Morgan fingerprint density at radius 2 is 2.06 bits per heavy atom. The Labute approximate surface area is 112 Å². The molecule has 1 heterocycles. The van der Waals surface area contributed by atoms with Crippen molar-refractivity contribution >= 4 is 22.7 Å². The van der Waals surface area contributed by atoms with E-state index in [0.29, 0.717) is 5.69 Å². The van der Waals surface area contributed by atoms with Crippen LogP contribution in [0.3, 0.4) is 0 Å². The van der Waals surface area contributed by atoms with Gasteiger partial charge < -0.3 is 15.8 Å². The highest BCUT2D eigenvalue weighted by Gasteiger charge is 2.08. The molecule has 0 saturated heterocycles. The average molecular weight is 262 g/mol. The van der Waals surface area contributed by atoms with Crippen molar-refractivity contribution < 1.29 is 4.74 Å². The lowest BCUT2D eigenvalue weighted by molar-refractivity contribution is 0.415. The zero-order chi connectivity index (χ0) is 13.1. The number of anilines is 2. The van der Waals surface area contributed by atoms with Gasteiger partial charge >= 0.3 is 0 Å². The molecule has 1 aromatic heterocycles. The van der Waals surface area contributed by atoms with Crippen molar-refractivity contribution in [3.63, 3.8) is 0 Å². The summed E-state index contributed by atoms with van der Waals surface area (Å²) in [5, 5.41) is 3.44. The molecule has 0 aliphatic heterocycles. The van der Waals surface area contributed by atoms with Gasteiger partial charge in [-0.05, 0) is 32.0 Å². The fraction of sp³-hybridized carbons (Fsp3) is 0.286. The third-order valence-electron chi connectivity index (χ3n) is 2.74. The molecular formula is C14H18N2OS. The van der Waals surface area contributed by atoms with E-state index in [-0.39, 0.29) is 6.04 Å². The van der Waals surface area contributed by atoms with Gasteiger partial charge in [0.1, 0.15) is 5.75 Å². The van der Waals surface area contributed by atoms with Crippen LogP contribution in [0.15, 0.2) is 30.3 Å². The van der Waals surface area contributed by atoms with Crippen molar-refractivity contribution in [2.24, 2.45) is 0 Å². The van der Waals surface area contributed by atoms with Crippen LogP contribution in [0.1, 0.15) is 22.7 Å². The number of hydrogen-bond donors (Lipinski definition) is 2. The lowest BCUT2D eigenvalue weighted by Crippen LogP contribution is -2.05. The topological polar surface area (TPSA) is 47.3 Å². The Bertz CT molecular complexity index is 536. The fourth-order valence-corrected chi connectivity index (χ4v) is 2.71. The molecule has 0 aliphatic carbocycles. The number of nitrogens with two attached hydrogens (primary N) is 1. The van der Waals surface area contributed by atoms with Gasteiger partial charge in [0.15, 0.2) is 0 Å². The molecule has 0 aliphatic rings. The predicted octanol–water partition coefficient (Wildman–Crippen LogP) is 3.82. The van der Waals surface area contributed by atoms with Crippen LogP contribution in [0, 0.1) is 6.92 Å². The van der Waals surface area contributed by atoms with E-state index in [9.17, 15) is 0 Å². The molecule has 1 atom stereocenters. The summed E-state index contributed by atoms with van der Waals surface area (Å²) in [5.74, 6) is 0.770. The van der Waals surface area contributed by atoms with Crippen molar-refractivity contribution in [2.75, 3.05) is 18.2 Å². The largest absolute Gasteiger partial charge is 0.497 e. The minimum Gasteiger partial charge on any atom is -0.497 e. The second kappa shape index (κ2) is 5.31. The number of hydrogen-bond acceptors (Lipinski definition) is 4. The first kappa shape index (κ1) is 12.8. The molecule has 3 N–H and O–H groups in total. The average Bonchev–Trinajstić information content (AvgIpc) is 2.75. The number of nitrogens with one attached hydrogen (secondary N) is 1. The lowest BCUT2D eigenvalue weighted by Gasteiger charge is -2.15. The van der Waals surface area contributed by atoms with E-state index in [1.54, 1.807) is 18.4 Å². The Hall–Kier alpha value is -1.68. The summed E-state index contributed by atoms with van der Waals surface area (Å²) in [6.45, 7) is 4.26. The van der Waals surface area contributed by atoms with Gasteiger partial charge in [-0.25, -0.2) is 0 Å². The summed E-state index contributed by atoms with van der Waals surface area (Å²) < 4.78 is 5.21. The molecule has 3 nitrogen and oxygen atoms in total. The molecule has 0 bridgehead atoms. The molecular weight excluding hydrogens is 244 g/mol. The highest BCUT2D eigenvalue weighted by molar-refractivity contribution is 7.12. The van der Waals surface area contributed by atoms with Crippen LogP contribution in [-0.4, -0.2) is 7.11 Å². The number of thiophene rings is 1. The second-order valence-corrected chi connectivity index (χ2v) is 5.63. The zero-order valence-corrected chi connectivity index (χ0v) is 11.7. The summed E-state index contributed by atoms with van der Waals surface area (Å²) >= 11 is 1.80. The molecule has 1 unspecified atom stereocenters. The Balaban J connectivity index is 2.16. The molecule has 18 heavy (non-hydrogen) atoms. The third-order valence-corrected chi connectivity index (χ3v) is 3.92. The first-order valence-corrected chi connectivity index (χ1v) is 6.67. The van der Waals surface area contributed by atoms with Crippen LogP contribution in [0.5, 0.6) is 5.75 Å². The summed E-state index contributed by atoms with van der Waals surface area (Å²) in [7, 11) is 1.64. The van der Waals surface area contributed by atoms with Crippen molar-refractivity contribution in [3.05, 3.63) is 40.1 Å². The molecule has 0 radical (unpaired) electrons. The molecule has 2 aromatic rings. The Morgan fingerprint density at radius 1 is 1.28 bits per heavy atom. The van der Waals surface area contributed by atoms with Gasteiger partial charge in [0.25, 0.3) is 0 Å². The SMILES string of the molecule is COc1cc(N)cc(NC(C)c2ccc(C)s2)c1. The maximum Gasteiger partial charge on any atom is 0.122 e. The highest BCUT2D eigenvalue weighted by atomic mass is 32.1. The van der Waals surface area contributed by atoms with Gasteiger partial charge in [-0.2, -0.15) is 0 Å². The predicted molar refractivity (Wildman–Crippen MR) is 78.5 cm³/mol. The summed E-state index contributed by atoms with van der Waals surface area (Å²) in [5.41, 5.74) is 7.51. The van der Waals surface area contributed by atoms with Gasteiger partial charge in [-0.1, -0.05) is 0 Å². The fourth-order valence-electron chi connectivity index (χ4n) is 1.83. The molecule has 4 heteroatoms. The lowest BCUT2D eigenvalue weighted by atomic mass is 10.2. The summed E-state index contributed by atoms with van der Waals surface area (Å²) in [6.07, 6.45) is 0. The first-order valence-electron chi connectivity index (χ1n) is 5.86. The quantitative estimate of drug-likeness (QED) is 0.823. The van der Waals surface area contributed by atoms with Crippen LogP contribution >= 0.6 is 11.3 Å². The van der Waals surface area contributed by atoms with Crippen molar-refractivity contribution in [3.8, 4) is 5.75 Å². The minimum atomic E-state index is 0.259.